The second-order valence-corrected chi connectivity index (χ2v) is 4.30. The number of nitrogens with one attached hydrogen (secondary N) is 1. The van der Waals surface area contributed by atoms with Gasteiger partial charge in [-0.15, -0.1) is 0 Å². The van der Waals surface area contributed by atoms with Crippen molar-refractivity contribution >= 4 is 0 Å². The lowest BCUT2D eigenvalue weighted by Crippen LogP contribution is -2.17. The summed E-state index contributed by atoms with van der Waals surface area (Å²) in [7, 11) is 1.68. The largest absolute Gasteiger partial charge is 0.387 e. The lowest BCUT2D eigenvalue weighted by Gasteiger charge is -2.13. The van der Waals surface area contributed by atoms with Gasteiger partial charge < -0.3 is 10.4 Å². The number of halogens is 2. The van der Waals surface area contributed by atoms with Crippen molar-refractivity contribution in [2.24, 2.45) is 0 Å². The smallest absolute Gasteiger partial charge is 0.166 e. The molecule has 0 aliphatic heterocycles. The van der Waals surface area contributed by atoms with Crippen LogP contribution in [0.5, 0.6) is 0 Å². The van der Waals surface area contributed by atoms with E-state index in [1.165, 1.54) is 6.07 Å². The molecule has 0 aromatic heterocycles. The predicted molar refractivity (Wildman–Crippen MR) is 70.7 cm³/mol. The highest BCUT2D eigenvalue weighted by Gasteiger charge is 2.16. The summed E-state index contributed by atoms with van der Waals surface area (Å²) in [5.41, 5.74) is 1.09. The molecule has 0 amide bonds. The number of likely N-dealkylation sites (N-methyl/N-ethyl adjacent to an activating group) is 1. The van der Waals surface area contributed by atoms with E-state index in [-0.39, 0.29) is 12.1 Å². The van der Waals surface area contributed by atoms with Crippen molar-refractivity contribution in [3.05, 3.63) is 59.7 Å². The van der Waals surface area contributed by atoms with E-state index in [0.717, 1.165) is 6.07 Å². The van der Waals surface area contributed by atoms with Gasteiger partial charge in [0.2, 0.25) is 0 Å². The Morgan fingerprint density at radius 3 is 2.47 bits per heavy atom. The van der Waals surface area contributed by atoms with E-state index in [9.17, 15) is 13.9 Å². The van der Waals surface area contributed by atoms with Crippen molar-refractivity contribution in [2.75, 3.05) is 13.6 Å². The fraction of sp³-hybridized carbons (Fsp3) is 0.200. The number of hydrogen-bond donors (Lipinski definition) is 2. The highest BCUT2D eigenvalue weighted by Crippen LogP contribution is 2.28. The van der Waals surface area contributed by atoms with Crippen LogP contribution in [0.25, 0.3) is 11.1 Å². The van der Waals surface area contributed by atoms with Crippen molar-refractivity contribution in [1.82, 2.24) is 5.32 Å². The summed E-state index contributed by atoms with van der Waals surface area (Å²) >= 11 is 0. The highest BCUT2D eigenvalue weighted by molar-refractivity contribution is 5.65. The predicted octanol–water partition coefficient (Wildman–Crippen LogP) is 2.88. The van der Waals surface area contributed by atoms with Gasteiger partial charge in [0.1, 0.15) is 0 Å². The van der Waals surface area contributed by atoms with Gasteiger partial charge in [-0.1, -0.05) is 30.3 Å². The lowest BCUT2D eigenvalue weighted by atomic mass is 9.99. The first-order valence-electron chi connectivity index (χ1n) is 6.00. The van der Waals surface area contributed by atoms with Crippen molar-refractivity contribution < 1.29 is 13.9 Å². The Balaban J connectivity index is 2.49. The zero-order valence-electron chi connectivity index (χ0n) is 10.5. The van der Waals surface area contributed by atoms with Gasteiger partial charge in [-0.2, -0.15) is 0 Å². The molecule has 2 nitrogen and oxygen atoms in total. The van der Waals surface area contributed by atoms with E-state index in [2.05, 4.69) is 5.32 Å². The maximum Gasteiger partial charge on any atom is 0.166 e. The maximum absolute atomic E-state index is 13.8. The van der Waals surface area contributed by atoms with Gasteiger partial charge in [0, 0.05) is 12.1 Å². The molecule has 2 aromatic carbocycles. The average Bonchev–Trinajstić information content (AvgIpc) is 2.43. The van der Waals surface area contributed by atoms with Crippen LogP contribution < -0.4 is 5.32 Å². The molecule has 2 N–H and O–H groups in total. The van der Waals surface area contributed by atoms with E-state index >= 15 is 0 Å². The second kappa shape index (κ2) is 5.91. The molecule has 0 aliphatic rings. The molecule has 0 saturated carbocycles. The third kappa shape index (κ3) is 2.97. The fourth-order valence-corrected chi connectivity index (χ4v) is 1.94. The zero-order valence-corrected chi connectivity index (χ0v) is 10.5. The summed E-state index contributed by atoms with van der Waals surface area (Å²) in [6.07, 6.45) is -0.873. The van der Waals surface area contributed by atoms with E-state index in [0.29, 0.717) is 11.1 Å². The molecule has 4 heteroatoms. The maximum atomic E-state index is 13.8. The van der Waals surface area contributed by atoms with Crippen LogP contribution in [-0.2, 0) is 0 Å². The Morgan fingerprint density at radius 1 is 1.16 bits per heavy atom. The standard InChI is InChI=1S/C15H15F2NO/c1-18-9-14(19)11-7-12(15(17)13(16)8-11)10-5-3-2-4-6-10/h2-8,14,18-19H,9H2,1H3. The Labute approximate surface area is 110 Å². The summed E-state index contributed by atoms with van der Waals surface area (Å²) < 4.78 is 27.5. The molecule has 0 bridgehead atoms. The minimum Gasteiger partial charge on any atom is -0.387 e. The molecule has 0 heterocycles. The molecule has 2 rings (SSSR count). The number of aliphatic hydroxyl groups is 1. The Morgan fingerprint density at radius 2 is 1.84 bits per heavy atom. The van der Waals surface area contributed by atoms with Crippen LogP contribution in [0.1, 0.15) is 11.7 Å². The van der Waals surface area contributed by atoms with E-state index < -0.39 is 17.7 Å². The molecule has 0 aliphatic carbocycles. The van der Waals surface area contributed by atoms with Gasteiger partial charge in [-0.25, -0.2) is 8.78 Å². The highest BCUT2D eigenvalue weighted by atomic mass is 19.2. The van der Waals surface area contributed by atoms with Crippen LogP contribution in [0.15, 0.2) is 42.5 Å². The summed E-state index contributed by atoms with van der Waals surface area (Å²) in [6, 6.07) is 11.2. The molecule has 19 heavy (non-hydrogen) atoms. The fourth-order valence-electron chi connectivity index (χ4n) is 1.94. The molecule has 2 aromatic rings. The summed E-state index contributed by atoms with van der Waals surface area (Å²) in [5.74, 6) is -1.85. The summed E-state index contributed by atoms with van der Waals surface area (Å²) in [4.78, 5) is 0. The van der Waals surface area contributed by atoms with Crippen LogP contribution in [0, 0.1) is 11.6 Å². The molecule has 0 fully saturated rings. The van der Waals surface area contributed by atoms with Gasteiger partial charge in [0.15, 0.2) is 11.6 Å². The van der Waals surface area contributed by atoms with E-state index in [1.807, 2.05) is 0 Å². The number of benzene rings is 2. The Bertz CT molecular complexity index is 558. The van der Waals surface area contributed by atoms with Crippen molar-refractivity contribution in [3.63, 3.8) is 0 Å². The number of rotatable bonds is 4. The van der Waals surface area contributed by atoms with Crippen LogP contribution in [0.3, 0.4) is 0 Å². The lowest BCUT2D eigenvalue weighted by molar-refractivity contribution is 0.177. The van der Waals surface area contributed by atoms with Gasteiger partial charge in [-0.05, 0) is 30.3 Å². The van der Waals surface area contributed by atoms with Gasteiger partial charge in [0.05, 0.1) is 6.10 Å². The van der Waals surface area contributed by atoms with E-state index in [1.54, 1.807) is 37.4 Å². The molecular formula is C15H15F2NO. The Hall–Kier alpha value is -1.78. The van der Waals surface area contributed by atoms with Gasteiger partial charge >= 0.3 is 0 Å². The van der Waals surface area contributed by atoms with Crippen molar-refractivity contribution in [2.45, 2.75) is 6.10 Å². The molecule has 0 radical (unpaired) electrons. The zero-order chi connectivity index (χ0) is 13.8. The summed E-state index contributed by atoms with van der Waals surface area (Å²) in [5, 5.41) is 12.6. The van der Waals surface area contributed by atoms with Crippen LogP contribution in [0.2, 0.25) is 0 Å². The Kier molecular flexibility index (Phi) is 4.24. The number of hydrogen-bond acceptors (Lipinski definition) is 2. The molecule has 0 spiro atoms. The van der Waals surface area contributed by atoms with E-state index in [4.69, 9.17) is 0 Å². The first-order valence-corrected chi connectivity index (χ1v) is 6.00. The molecular weight excluding hydrogens is 248 g/mol. The third-order valence-corrected chi connectivity index (χ3v) is 2.92. The molecule has 1 unspecified atom stereocenters. The minimum atomic E-state index is -0.952. The average molecular weight is 263 g/mol. The second-order valence-electron chi connectivity index (χ2n) is 4.30. The molecule has 0 saturated heterocycles. The normalized spacial score (nSPS) is 12.4. The molecule has 100 valence electrons. The quantitative estimate of drug-likeness (QED) is 0.889. The van der Waals surface area contributed by atoms with Crippen molar-refractivity contribution in [1.29, 1.82) is 0 Å². The molecule has 1 atom stereocenters. The van der Waals surface area contributed by atoms with Crippen LogP contribution in [0.4, 0.5) is 8.78 Å². The van der Waals surface area contributed by atoms with Gasteiger partial charge in [0.25, 0.3) is 0 Å². The topological polar surface area (TPSA) is 32.3 Å². The van der Waals surface area contributed by atoms with Crippen LogP contribution in [-0.4, -0.2) is 18.7 Å². The SMILES string of the molecule is CNCC(O)c1cc(F)c(F)c(-c2ccccc2)c1. The third-order valence-electron chi connectivity index (χ3n) is 2.92. The monoisotopic (exact) mass is 263 g/mol. The van der Waals surface area contributed by atoms with Crippen LogP contribution >= 0.6 is 0 Å². The first-order chi connectivity index (χ1) is 9.13. The van der Waals surface area contributed by atoms with Gasteiger partial charge in [-0.3, -0.25) is 0 Å². The number of aliphatic hydroxyl groups excluding tert-OH is 1. The van der Waals surface area contributed by atoms with Crippen molar-refractivity contribution in [3.8, 4) is 11.1 Å². The first kappa shape index (κ1) is 13.6. The summed E-state index contributed by atoms with van der Waals surface area (Å²) in [6.45, 7) is 0.277. The minimum absolute atomic E-state index is 0.158.